The van der Waals surface area contributed by atoms with E-state index in [1.807, 2.05) is 91.0 Å². The molecular weight excluding hydrogens is 438 g/mol. The van der Waals surface area contributed by atoms with E-state index in [9.17, 15) is 9.59 Å². The number of aliphatic imine (C=N–C) groups is 1. The van der Waals surface area contributed by atoms with Crippen LogP contribution in [0.2, 0.25) is 0 Å². The summed E-state index contributed by atoms with van der Waals surface area (Å²) in [5.74, 6) is -1.05. The summed E-state index contributed by atoms with van der Waals surface area (Å²) >= 11 is 0. The minimum Gasteiger partial charge on any atom is -0.466 e. The number of benzene rings is 3. The number of carbonyl (C=O) groups excluding carboxylic acids is 2. The van der Waals surface area contributed by atoms with Gasteiger partial charge in [0.2, 0.25) is 0 Å². The van der Waals surface area contributed by atoms with Gasteiger partial charge in [-0.25, -0.2) is 9.79 Å². The normalized spacial score (nSPS) is 11.8. The van der Waals surface area contributed by atoms with Crippen LogP contribution in [-0.2, 0) is 19.1 Å². The van der Waals surface area contributed by atoms with E-state index in [1.54, 1.807) is 27.7 Å². The Morgan fingerprint density at radius 1 is 0.743 bits per heavy atom. The van der Waals surface area contributed by atoms with Crippen molar-refractivity contribution < 1.29 is 19.1 Å². The molecule has 0 N–H and O–H groups in total. The summed E-state index contributed by atoms with van der Waals surface area (Å²) in [7, 11) is 0. The lowest BCUT2D eigenvalue weighted by molar-refractivity contribution is -0.149. The Bertz CT molecular complexity index is 1150. The molecule has 0 aliphatic rings. The van der Waals surface area contributed by atoms with Gasteiger partial charge >= 0.3 is 11.9 Å². The Morgan fingerprint density at radius 2 is 1.20 bits per heavy atom. The molecule has 3 aromatic rings. The van der Waals surface area contributed by atoms with Gasteiger partial charge in [-0.1, -0.05) is 91.0 Å². The molecule has 0 fully saturated rings. The van der Waals surface area contributed by atoms with E-state index in [0.717, 1.165) is 11.1 Å². The largest absolute Gasteiger partial charge is 0.466 e. The van der Waals surface area contributed by atoms with E-state index in [4.69, 9.17) is 14.5 Å². The van der Waals surface area contributed by atoms with Gasteiger partial charge in [-0.05, 0) is 33.3 Å². The molecule has 0 spiro atoms. The summed E-state index contributed by atoms with van der Waals surface area (Å²) in [6, 6.07) is 28.5. The molecule has 0 aliphatic heterocycles. The number of carbonyl (C=O) groups is 2. The van der Waals surface area contributed by atoms with Crippen molar-refractivity contribution in [3.05, 3.63) is 113 Å². The molecule has 5 nitrogen and oxygen atoms in total. The van der Waals surface area contributed by atoms with Crippen LogP contribution in [0.4, 0.5) is 0 Å². The maximum Gasteiger partial charge on any atom is 0.357 e. The Labute approximate surface area is 207 Å². The van der Waals surface area contributed by atoms with E-state index < -0.39 is 17.5 Å². The molecule has 0 radical (unpaired) electrons. The van der Waals surface area contributed by atoms with Crippen LogP contribution in [0.1, 0.15) is 50.8 Å². The van der Waals surface area contributed by atoms with Crippen molar-refractivity contribution in [2.75, 3.05) is 6.61 Å². The van der Waals surface area contributed by atoms with Gasteiger partial charge in [0.1, 0.15) is 5.60 Å². The Morgan fingerprint density at radius 3 is 1.63 bits per heavy atom. The maximum absolute atomic E-state index is 13.6. The van der Waals surface area contributed by atoms with E-state index in [2.05, 4.69) is 0 Å². The molecule has 35 heavy (non-hydrogen) atoms. The Kier molecular flexibility index (Phi) is 8.74. The van der Waals surface area contributed by atoms with Crippen molar-refractivity contribution in [3.8, 4) is 0 Å². The quantitative estimate of drug-likeness (QED) is 0.223. The zero-order valence-electron chi connectivity index (χ0n) is 20.7. The summed E-state index contributed by atoms with van der Waals surface area (Å²) in [4.78, 5) is 31.1. The minimum absolute atomic E-state index is 0.0712. The Balaban J connectivity index is 2.32. The number of esters is 2. The molecule has 3 rings (SSSR count). The molecule has 180 valence electrons. The fourth-order valence-corrected chi connectivity index (χ4v) is 3.48. The number of hydrogen-bond donors (Lipinski definition) is 0. The average molecular weight is 470 g/mol. The van der Waals surface area contributed by atoms with Crippen LogP contribution in [0.25, 0.3) is 5.57 Å². The third-order valence-corrected chi connectivity index (χ3v) is 4.94. The van der Waals surface area contributed by atoms with Crippen LogP contribution in [0.5, 0.6) is 0 Å². The minimum atomic E-state index is -0.747. The number of ether oxygens (including phenoxy) is 2. The number of nitrogens with zero attached hydrogens (tertiary/aromatic N) is 1. The highest BCUT2D eigenvalue weighted by atomic mass is 16.6. The van der Waals surface area contributed by atoms with Gasteiger partial charge in [0.25, 0.3) is 0 Å². The van der Waals surface area contributed by atoms with Crippen molar-refractivity contribution in [1.29, 1.82) is 0 Å². The highest BCUT2D eigenvalue weighted by molar-refractivity contribution is 6.15. The van der Waals surface area contributed by atoms with Crippen molar-refractivity contribution in [2.24, 2.45) is 4.99 Å². The monoisotopic (exact) mass is 469 g/mol. The zero-order valence-corrected chi connectivity index (χ0v) is 20.7. The van der Waals surface area contributed by atoms with Crippen molar-refractivity contribution >= 4 is 23.2 Å². The predicted molar refractivity (Wildman–Crippen MR) is 139 cm³/mol. The molecule has 0 bridgehead atoms. The molecule has 0 atom stereocenters. The van der Waals surface area contributed by atoms with Gasteiger partial charge in [-0.15, -0.1) is 0 Å². The van der Waals surface area contributed by atoms with Crippen molar-refractivity contribution in [1.82, 2.24) is 0 Å². The van der Waals surface area contributed by atoms with E-state index in [-0.39, 0.29) is 18.7 Å². The number of rotatable bonds is 8. The topological polar surface area (TPSA) is 65.0 Å². The second-order valence-corrected chi connectivity index (χ2v) is 8.87. The molecule has 0 heterocycles. The number of hydrogen-bond acceptors (Lipinski definition) is 5. The summed E-state index contributed by atoms with van der Waals surface area (Å²) < 4.78 is 11.0. The highest BCUT2D eigenvalue weighted by Gasteiger charge is 2.26. The van der Waals surface area contributed by atoms with Gasteiger partial charge in [0, 0.05) is 16.7 Å². The lowest BCUT2D eigenvalue weighted by Gasteiger charge is -2.21. The molecule has 0 unspecified atom stereocenters. The maximum atomic E-state index is 13.6. The SMILES string of the molecule is CCOC(=O)C/C(=C(/N=C(c1ccccc1)c1ccccc1)C(=O)OC(C)(C)C)c1ccccc1. The summed E-state index contributed by atoms with van der Waals surface area (Å²) in [5, 5.41) is 0. The van der Waals surface area contributed by atoms with Crippen molar-refractivity contribution in [2.45, 2.75) is 39.7 Å². The molecule has 0 aliphatic carbocycles. The van der Waals surface area contributed by atoms with E-state index in [0.29, 0.717) is 16.8 Å². The third-order valence-electron chi connectivity index (χ3n) is 4.94. The second-order valence-electron chi connectivity index (χ2n) is 8.87. The predicted octanol–water partition coefficient (Wildman–Crippen LogP) is 6.23. The van der Waals surface area contributed by atoms with Crippen LogP contribution >= 0.6 is 0 Å². The zero-order chi connectivity index (χ0) is 25.3. The fraction of sp³-hybridized carbons (Fsp3) is 0.233. The average Bonchev–Trinajstić information content (AvgIpc) is 2.84. The van der Waals surface area contributed by atoms with Crippen LogP contribution in [0, 0.1) is 0 Å². The first-order chi connectivity index (χ1) is 16.8. The standard InChI is InChI=1S/C30H31NO4/c1-5-34-26(32)21-25(22-15-9-6-10-16-22)28(29(33)35-30(2,3)4)31-27(23-17-11-7-12-18-23)24-19-13-8-14-20-24/h6-20H,5,21H2,1-4H3/b28-25-. The van der Waals surface area contributed by atoms with Gasteiger partial charge in [-0.2, -0.15) is 0 Å². The highest BCUT2D eigenvalue weighted by Crippen LogP contribution is 2.28. The van der Waals surface area contributed by atoms with Crippen LogP contribution in [0.15, 0.2) is 102 Å². The van der Waals surface area contributed by atoms with E-state index in [1.165, 1.54) is 0 Å². The molecule has 0 saturated carbocycles. The summed E-state index contributed by atoms with van der Waals surface area (Å²) in [6.07, 6.45) is -0.118. The molecule has 0 amide bonds. The molecular formula is C30H31NO4. The van der Waals surface area contributed by atoms with Crippen LogP contribution in [-0.4, -0.2) is 29.9 Å². The van der Waals surface area contributed by atoms with E-state index >= 15 is 0 Å². The Hall–Kier alpha value is -3.99. The summed E-state index contributed by atoms with van der Waals surface area (Å²) in [6.45, 7) is 7.39. The molecule has 5 heteroatoms. The van der Waals surface area contributed by atoms with Crippen LogP contribution in [0.3, 0.4) is 0 Å². The van der Waals surface area contributed by atoms with Crippen molar-refractivity contribution in [3.63, 3.8) is 0 Å². The summed E-state index contributed by atoms with van der Waals surface area (Å²) in [5.41, 5.74) is 2.75. The van der Waals surface area contributed by atoms with Gasteiger partial charge < -0.3 is 9.47 Å². The molecule has 0 aromatic heterocycles. The fourth-order valence-electron chi connectivity index (χ4n) is 3.48. The molecule has 3 aromatic carbocycles. The second kappa shape index (κ2) is 11.9. The lowest BCUT2D eigenvalue weighted by atomic mass is 9.98. The third kappa shape index (κ3) is 7.51. The van der Waals surface area contributed by atoms with Gasteiger partial charge in [-0.3, -0.25) is 4.79 Å². The first-order valence-electron chi connectivity index (χ1n) is 11.7. The first-order valence-corrected chi connectivity index (χ1v) is 11.7. The van der Waals surface area contributed by atoms with Crippen LogP contribution < -0.4 is 0 Å². The smallest absolute Gasteiger partial charge is 0.357 e. The molecule has 0 saturated heterocycles. The van der Waals surface area contributed by atoms with Gasteiger partial charge in [0.15, 0.2) is 5.70 Å². The lowest BCUT2D eigenvalue weighted by Crippen LogP contribution is -2.25. The van der Waals surface area contributed by atoms with Gasteiger partial charge in [0.05, 0.1) is 18.7 Å². The first kappa shape index (κ1) is 25.6.